The molecule has 1 aromatic carbocycles. The lowest BCUT2D eigenvalue weighted by Crippen LogP contribution is -2.01. The maximum absolute atomic E-state index is 5.36. The second kappa shape index (κ2) is 6.49. The van der Waals surface area contributed by atoms with E-state index in [1.54, 1.807) is 17.6 Å². The van der Waals surface area contributed by atoms with Crippen LogP contribution in [0.2, 0.25) is 0 Å². The van der Waals surface area contributed by atoms with Gasteiger partial charge >= 0.3 is 0 Å². The molecular formula is C19H16N4OS. The Morgan fingerprint density at radius 3 is 2.72 bits per heavy atom. The maximum atomic E-state index is 5.36. The number of nitrogens with one attached hydrogen (secondary N) is 1. The predicted octanol–water partition coefficient (Wildman–Crippen LogP) is 5.10. The van der Waals surface area contributed by atoms with Gasteiger partial charge < -0.3 is 4.42 Å². The van der Waals surface area contributed by atoms with Crippen molar-refractivity contribution in [1.82, 2.24) is 9.97 Å². The molecule has 0 radical (unpaired) electrons. The summed E-state index contributed by atoms with van der Waals surface area (Å²) in [6.45, 7) is 3.77. The fraction of sp³-hybridized carbons (Fsp3) is 0.105. The van der Waals surface area contributed by atoms with E-state index in [0.717, 1.165) is 26.6 Å². The van der Waals surface area contributed by atoms with Gasteiger partial charge in [-0.2, -0.15) is 5.10 Å². The van der Waals surface area contributed by atoms with Crippen LogP contribution in [0, 0.1) is 6.92 Å². The van der Waals surface area contributed by atoms with Gasteiger partial charge in [0.05, 0.1) is 11.6 Å². The maximum Gasteiger partial charge on any atom is 0.158 e. The third-order valence-corrected chi connectivity index (χ3v) is 4.85. The molecule has 3 aromatic heterocycles. The van der Waals surface area contributed by atoms with Gasteiger partial charge in [0.25, 0.3) is 0 Å². The molecule has 6 heteroatoms. The van der Waals surface area contributed by atoms with Gasteiger partial charge in [0.1, 0.15) is 22.1 Å². The Balaban J connectivity index is 1.73. The van der Waals surface area contributed by atoms with E-state index in [2.05, 4.69) is 38.7 Å². The van der Waals surface area contributed by atoms with Crippen molar-refractivity contribution in [2.45, 2.75) is 13.8 Å². The van der Waals surface area contributed by atoms with E-state index in [9.17, 15) is 0 Å². The quantitative estimate of drug-likeness (QED) is 0.412. The van der Waals surface area contributed by atoms with Crippen LogP contribution in [0.4, 0.5) is 5.82 Å². The smallest absolute Gasteiger partial charge is 0.158 e. The SMILES string of the molecule is C/C(=N\Nc1nc(C)nc2sc(-c3ccccc3)cc12)c1ccco1. The Kier molecular flexibility index (Phi) is 4.03. The van der Waals surface area contributed by atoms with Crippen LogP contribution in [-0.4, -0.2) is 15.7 Å². The Morgan fingerprint density at radius 2 is 1.96 bits per heavy atom. The zero-order valence-corrected chi connectivity index (χ0v) is 14.7. The van der Waals surface area contributed by atoms with Gasteiger partial charge in [-0.25, -0.2) is 9.97 Å². The minimum atomic E-state index is 0.701. The number of fused-ring (bicyclic) bond motifs is 1. The summed E-state index contributed by atoms with van der Waals surface area (Å²) in [5.41, 5.74) is 4.99. The topological polar surface area (TPSA) is 63.3 Å². The monoisotopic (exact) mass is 348 g/mol. The molecule has 0 spiro atoms. The molecule has 0 fully saturated rings. The molecule has 0 bridgehead atoms. The molecule has 0 saturated carbocycles. The van der Waals surface area contributed by atoms with Gasteiger partial charge in [-0.15, -0.1) is 11.3 Å². The Morgan fingerprint density at radius 1 is 1.12 bits per heavy atom. The molecule has 0 atom stereocenters. The molecule has 5 nitrogen and oxygen atoms in total. The molecule has 0 amide bonds. The highest BCUT2D eigenvalue weighted by Gasteiger charge is 2.11. The highest BCUT2D eigenvalue weighted by atomic mass is 32.1. The number of hydrogen-bond acceptors (Lipinski definition) is 6. The van der Waals surface area contributed by atoms with E-state index >= 15 is 0 Å². The van der Waals surface area contributed by atoms with Crippen LogP contribution >= 0.6 is 11.3 Å². The normalized spacial score (nSPS) is 11.8. The van der Waals surface area contributed by atoms with Gasteiger partial charge in [-0.05, 0) is 37.6 Å². The minimum absolute atomic E-state index is 0.701. The molecule has 0 aliphatic heterocycles. The van der Waals surface area contributed by atoms with Crippen molar-refractivity contribution >= 4 is 33.1 Å². The summed E-state index contributed by atoms with van der Waals surface area (Å²) < 4.78 is 5.36. The van der Waals surface area contributed by atoms with Gasteiger partial charge in [-0.3, -0.25) is 5.43 Å². The molecule has 0 saturated heterocycles. The van der Waals surface area contributed by atoms with Crippen molar-refractivity contribution in [3.05, 3.63) is 66.4 Å². The lowest BCUT2D eigenvalue weighted by atomic mass is 10.2. The number of aryl methyl sites for hydroxylation is 1. The Bertz CT molecular complexity index is 1040. The average Bonchev–Trinajstić information content (AvgIpc) is 3.29. The van der Waals surface area contributed by atoms with Crippen LogP contribution in [0.15, 0.2) is 64.3 Å². The highest BCUT2D eigenvalue weighted by Crippen LogP contribution is 2.35. The second-order valence-electron chi connectivity index (χ2n) is 5.60. The van der Waals surface area contributed by atoms with Crippen molar-refractivity contribution in [1.29, 1.82) is 0 Å². The van der Waals surface area contributed by atoms with E-state index in [1.165, 1.54) is 5.56 Å². The zero-order chi connectivity index (χ0) is 17.2. The number of aromatic nitrogens is 2. The van der Waals surface area contributed by atoms with Gasteiger partial charge in [0.15, 0.2) is 5.82 Å². The predicted molar refractivity (Wildman–Crippen MR) is 102 cm³/mol. The van der Waals surface area contributed by atoms with Crippen LogP contribution in [0.3, 0.4) is 0 Å². The summed E-state index contributed by atoms with van der Waals surface area (Å²) in [5.74, 6) is 2.14. The first-order valence-electron chi connectivity index (χ1n) is 7.88. The van der Waals surface area contributed by atoms with Crippen molar-refractivity contribution in [2.75, 3.05) is 5.43 Å². The Hall–Kier alpha value is -2.99. The highest BCUT2D eigenvalue weighted by molar-refractivity contribution is 7.21. The molecule has 0 aliphatic rings. The second-order valence-corrected chi connectivity index (χ2v) is 6.63. The van der Waals surface area contributed by atoms with Crippen molar-refractivity contribution in [3.63, 3.8) is 0 Å². The van der Waals surface area contributed by atoms with Gasteiger partial charge in [-0.1, -0.05) is 30.3 Å². The first kappa shape index (κ1) is 15.5. The van der Waals surface area contributed by atoms with E-state index in [1.807, 2.05) is 44.2 Å². The molecule has 1 N–H and O–H groups in total. The van der Waals surface area contributed by atoms with Crippen LogP contribution < -0.4 is 5.43 Å². The van der Waals surface area contributed by atoms with Crippen LogP contribution in [0.5, 0.6) is 0 Å². The van der Waals surface area contributed by atoms with E-state index in [-0.39, 0.29) is 0 Å². The number of rotatable bonds is 4. The van der Waals surface area contributed by atoms with Crippen molar-refractivity contribution in [3.8, 4) is 10.4 Å². The molecule has 4 rings (SSSR count). The third-order valence-electron chi connectivity index (χ3n) is 3.77. The number of benzene rings is 1. The summed E-state index contributed by atoms with van der Waals surface area (Å²) in [4.78, 5) is 11.2. The lowest BCUT2D eigenvalue weighted by molar-refractivity contribution is 0.557. The van der Waals surface area contributed by atoms with Gasteiger partial charge in [0.2, 0.25) is 0 Å². The number of anilines is 1. The van der Waals surface area contributed by atoms with Crippen LogP contribution in [-0.2, 0) is 0 Å². The molecule has 3 heterocycles. The van der Waals surface area contributed by atoms with Crippen molar-refractivity contribution in [2.24, 2.45) is 5.10 Å². The van der Waals surface area contributed by atoms with Crippen molar-refractivity contribution < 1.29 is 4.42 Å². The number of hydrogen-bond donors (Lipinski definition) is 1. The number of hydrazone groups is 1. The van der Waals surface area contributed by atoms with Crippen LogP contribution in [0.25, 0.3) is 20.7 Å². The molecule has 25 heavy (non-hydrogen) atoms. The first-order valence-corrected chi connectivity index (χ1v) is 8.70. The third kappa shape index (κ3) is 3.16. The molecule has 0 unspecified atom stereocenters. The summed E-state index contributed by atoms with van der Waals surface area (Å²) in [6, 6.07) is 16.1. The number of nitrogens with zero attached hydrogens (tertiary/aromatic N) is 3. The average molecular weight is 348 g/mol. The standard InChI is InChI=1S/C19H16N4OS/c1-12(16-9-6-10-24-16)22-23-18-15-11-17(14-7-4-3-5-8-14)25-19(15)21-13(2)20-18/h3-11H,1-2H3,(H,20,21,23)/b22-12+. The summed E-state index contributed by atoms with van der Waals surface area (Å²) >= 11 is 1.65. The first-order chi connectivity index (χ1) is 12.2. The van der Waals surface area contributed by atoms with E-state index < -0.39 is 0 Å². The molecule has 124 valence electrons. The number of thiophene rings is 1. The largest absolute Gasteiger partial charge is 0.463 e. The fourth-order valence-corrected chi connectivity index (χ4v) is 3.62. The van der Waals surface area contributed by atoms with E-state index in [4.69, 9.17) is 4.42 Å². The summed E-state index contributed by atoms with van der Waals surface area (Å²) in [6.07, 6.45) is 1.63. The molecular weight excluding hydrogens is 332 g/mol. The van der Waals surface area contributed by atoms with Crippen LogP contribution in [0.1, 0.15) is 18.5 Å². The fourth-order valence-electron chi connectivity index (χ4n) is 2.53. The molecule has 4 aromatic rings. The minimum Gasteiger partial charge on any atom is -0.463 e. The summed E-state index contributed by atoms with van der Waals surface area (Å²) in [7, 11) is 0. The zero-order valence-electron chi connectivity index (χ0n) is 13.9. The van der Waals surface area contributed by atoms with Gasteiger partial charge in [0, 0.05) is 4.88 Å². The summed E-state index contributed by atoms with van der Waals surface area (Å²) in [5, 5.41) is 5.36. The number of furan rings is 1. The van der Waals surface area contributed by atoms with E-state index in [0.29, 0.717) is 11.6 Å². The lowest BCUT2D eigenvalue weighted by Gasteiger charge is -2.03. The molecule has 0 aliphatic carbocycles. The Labute approximate surface area is 149 Å².